The first-order valence-corrected chi connectivity index (χ1v) is 14.4. The first-order chi connectivity index (χ1) is 18.7. The Bertz CT molecular complexity index is 1580. The van der Waals surface area contributed by atoms with Crippen molar-refractivity contribution in [3.8, 4) is 5.69 Å². The lowest BCUT2D eigenvalue weighted by molar-refractivity contribution is -0.132. The van der Waals surface area contributed by atoms with Gasteiger partial charge >= 0.3 is 0 Å². The second-order valence-electron chi connectivity index (χ2n) is 8.14. The van der Waals surface area contributed by atoms with Gasteiger partial charge < -0.3 is 14.1 Å². The number of hydrogen-bond acceptors (Lipinski definition) is 11. The number of tetrazole rings is 1. The molecule has 0 radical (unpaired) electrons. The van der Waals surface area contributed by atoms with Crippen LogP contribution >= 0.6 is 34.9 Å². The molecule has 2 aromatic carbocycles. The van der Waals surface area contributed by atoms with Gasteiger partial charge in [0.15, 0.2) is 9.43 Å². The number of nitrogens with zero attached hydrogens (tertiary/aromatic N) is 7. The molecule has 4 heterocycles. The maximum absolute atomic E-state index is 12.4. The monoisotopic (exact) mass is 563 g/mol. The van der Waals surface area contributed by atoms with Crippen LogP contribution in [-0.2, 0) is 9.53 Å². The lowest BCUT2D eigenvalue weighted by Crippen LogP contribution is -2.41. The first-order valence-electron chi connectivity index (χ1n) is 11.8. The van der Waals surface area contributed by atoms with E-state index in [1.807, 2.05) is 65.6 Å². The minimum absolute atomic E-state index is 0.121. The summed E-state index contributed by atoms with van der Waals surface area (Å²) in [5.41, 5.74) is 2.56. The molecule has 5 aromatic rings. The molecule has 1 aliphatic heterocycles. The van der Waals surface area contributed by atoms with E-state index in [1.54, 1.807) is 22.2 Å². The summed E-state index contributed by atoms with van der Waals surface area (Å²) in [5.74, 6) is 1.12. The number of hydrogen-bond donors (Lipinski definition) is 0. The number of carbonyl (C=O) groups excluding carboxylic acids is 1. The second-order valence-corrected chi connectivity index (χ2v) is 11.4. The maximum atomic E-state index is 12.4. The summed E-state index contributed by atoms with van der Waals surface area (Å²) in [5, 5.41) is 13.2. The number of aromatic nitrogens is 5. The van der Waals surface area contributed by atoms with E-state index in [4.69, 9.17) is 9.15 Å². The number of morpholine rings is 1. The van der Waals surface area contributed by atoms with Crippen molar-refractivity contribution in [3.63, 3.8) is 0 Å². The number of amides is 1. The predicted molar refractivity (Wildman–Crippen MR) is 147 cm³/mol. The molecule has 38 heavy (non-hydrogen) atoms. The molecule has 0 unspecified atom stereocenters. The smallest absolute Gasteiger partial charge is 0.233 e. The molecule has 13 heteroatoms. The molecule has 1 aliphatic rings. The molecule has 0 atom stereocenters. The van der Waals surface area contributed by atoms with Gasteiger partial charge in [-0.05, 0) is 64.7 Å². The summed E-state index contributed by atoms with van der Waals surface area (Å²) in [7, 11) is 0. The van der Waals surface area contributed by atoms with E-state index in [1.165, 1.54) is 23.5 Å². The van der Waals surface area contributed by atoms with Crippen LogP contribution in [0.1, 0.15) is 5.76 Å². The Hall–Kier alpha value is -3.52. The predicted octanol–water partition coefficient (Wildman–Crippen LogP) is 4.72. The van der Waals surface area contributed by atoms with Gasteiger partial charge in [-0.3, -0.25) is 9.79 Å². The van der Waals surface area contributed by atoms with Gasteiger partial charge in [-0.15, -0.1) is 16.4 Å². The van der Waals surface area contributed by atoms with Gasteiger partial charge in [0.2, 0.25) is 11.1 Å². The van der Waals surface area contributed by atoms with Crippen molar-refractivity contribution in [2.45, 2.75) is 14.6 Å². The van der Waals surface area contributed by atoms with E-state index >= 15 is 0 Å². The number of carbonyl (C=O) groups is 1. The molecule has 0 N–H and O–H groups in total. The Kier molecular flexibility index (Phi) is 7.49. The molecular weight excluding hydrogens is 543 g/mol. The third kappa shape index (κ3) is 5.80. The molecule has 0 aliphatic carbocycles. The van der Waals surface area contributed by atoms with Crippen LogP contribution in [0.15, 0.2) is 84.7 Å². The topological polar surface area (TPSA) is 112 Å². The van der Waals surface area contributed by atoms with Crippen LogP contribution in [-0.4, -0.2) is 74.3 Å². The highest BCUT2D eigenvalue weighted by Crippen LogP contribution is 2.32. The third-order valence-electron chi connectivity index (χ3n) is 5.61. The zero-order valence-corrected chi connectivity index (χ0v) is 22.4. The van der Waals surface area contributed by atoms with Crippen molar-refractivity contribution in [2.75, 3.05) is 32.1 Å². The van der Waals surface area contributed by atoms with Crippen LogP contribution in [0, 0.1) is 0 Å². The highest BCUT2D eigenvalue weighted by Gasteiger charge is 2.18. The van der Waals surface area contributed by atoms with Crippen LogP contribution in [0.5, 0.6) is 0 Å². The largest absolute Gasteiger partial charge is 0.448 e. The van der Waals surface area contributed by atoms with Gasteiger partial charge in [0.1, 0.15) is 5.76 Å². The average molecular weight is 564 g/mol. The molecule has 1 fully saturated rings. The molecule has 0 bridgehead atoms. The van der Waals surface area contributed by atoms with Crippen LogP contribution in [0.25, 0.3) is 15.9 Å². The lowest BCUT2D eigenvalue weighted by atomic mass is 10.3. The van der Waals surface area contributed by atoms with Gasteiger partial charge in [0.25, 0.3) is 0 Å². The van der Waals surface area contributed by atoms with Gasteiger partial charge in [0, 0.05) is 13.1 Å². The number of furan rings is 1. The van der Waals surface area contributed by atoms with E-state index < -0.39 is 0 Å². The zero-order chi connectivity index (χ0) is 25.7. The lowest BCUT2D eigenvalue weighted by Gasteiger charge is -2.26. The van der Waals surface area contributed by atoms with Crippen molar-refractivity contribution in [2.24, 2.45) is 4.99 Å². The third-order valence-corrected chi connectivity index (χ3v) is 8.62. The van der Waals surface area contributed by atoms with E-state index in [2.05, 4.69) is 25.5 Å². The number of rotatable bonds is 8. The molecule has 1 amide bonds. The van der Waals surface area contributed by atoms with Gasteiger partial charge in [-0.2, -0.15) is 4.68 Å². The standard InChI is InChI=1S/C25H21N7O3S3/c33-22(31-10-12-34-13-11-31)16-36-25-27-20-8-6-17(14-21(20)37-25)26-15-19-7-9-23(35-19)38-24-28-29-30-32(24)18-4-2-1-3-5-18/h1-9,14-15H,10-13,16H2. The molecular formula is C25H21N7O3S3. The van der Waals surface area contributed by atoms with Crippen molar-refractivity contribution >= 4 is 62.9 Å². The maximum Gasteiger partial charge on any atom is 0.233 e. The summed E-state index contributed by atoms with van der Waals surface area (Å²) in [4.78, 5) is 23.5. The van der Waals surface area contributed by atoms with Gasteiger partial charge in [0.05, 0.1) is 46.8 Å². The average Bonchev–Trinajstić information content (AvgIpc) is 3.71. The summed E-state index contributed by atoms with van der Waals surface area (Å²) in [6, 6.07) is 19.3. The van der Waals surface area contributed by atoms with Crippen molar-refractivity contribution in [3.05, 3.63) is 66.4 Å². The van der Waals surface area contributed by atoms with E-state index in [-0.39, 0.29) is 5.91 Å². The molecule has 192 valence electrons. The number of thiazole rings is 1. The molecule has 10 nitrogen and oxygen atoms in total. The fourth-order valence-electron chi connectivity index (χ4n) is 3.72. The highest BCUT2D eigenvalue weighted by atomic mass is 32.2. The summed E-state index contributed by atoms with van der Waals surface area (Å²) >= 11 is 4.37. The number of thioether (sulfide) groups is 1. The number of benzene rings is 2. The fraction of sp³-hybridized carbons (Fsp3) is 0.200. The summed E-state index contributed by atoms with van der Waals surface area (Å²) in [6.07, 6.45) is 1.68. The van der Waals surface area contributed by atoms with Crippen LogP contribution in [0.2, 0.25) is 0 Å². The van der Waals surface area contributed by atoms with Crippen molar-refractivity contribution < 1.29 is 13.9 Å². The van der Waals surface area contributed by atoms with Crippen molar-refractivity contribution in [1.29, 1.82) is 0 Å². The van der Waals surface area contributed by atoms with Gasteiger partial charge in [-0.1, -0.05) is 30.0 Å². The van der Waals surface area contributed by atoms with E-state index in [0.29, 0.717) is 48.1 Å². The normalized spacial score (nSPS) is 14.1. The van der Waals surface area contributed by atoms with E-state index in [0.717, 1.165) is 25.9 Å². The minimum Gasteiger partial charge on any atom is -0.448 e. The van der Waals surface area contributed by atoms with Crippen LogP contribution in [0.4, 0.5) is 5.69 Å². The molecule has 0 spiro atoms. The Morgan fingerprint density at radius 3 is 2.84 bits per heavy atom. The Labute approximate surface area is 230 Å². The quantitative estimate of drug-likeness (QED) is 0.196. The van der Waals surface area contributed by atoms with Crippen molar-refractivity contribution in [1.82, 2.24) is 30.1 Å². The number of para-hydroxylation sites is 1. The summed E-state index contributed by atoms with van der Waals surface area (Å²) < 4.78 is 14.8. The Morgan fingerprint density at radius 1 is 1.11 bits per heavy atom. The highest BCUT2D eigenvalue weighted by molar-refractivity contribution is 8.01. The van der Waals surface area contributed by atoms with Crippen LogP contribution in [0.3, 0.4) is 0 Å². The fourth-order valence-corrected chi connectivity index (χ4v) is 6.49. The number of aliphatic imine (C=N–C) groups is 1. The first kappa shape index (κ1) is 24.8. The Morgan fingerprint density at radius 2 is 1.97 bits per heavy atom. The number of ether oxygens (including phenoxy) is 1. The molecule has 0 saturated carbocycles. The van der Waals surface area contributed by atoms with Crippen LogP contribution < -0.4 is 0 Å². The zero-order valence-electron chi connectivity index (χ0n) is 20.0. The summed E-state index contributed by atoms with van der Waals surface area (Å²) in [6.45, 7) is 2.52. The molecule has 3 aromatic heterocycles. The van der Waals surface area contributed by atoms with Gasteiger partial charge in [-0.25, -0.2) is 4.98 Å². The SMILES string of the molecule is O=C(CSc1nc2ccc(N=Cc3ccc(Sc4nnnn4-c4ccccc4)o3)cc2s1)N1CCOCC1. The van der Waals surface area contributed by atoms with E-state index in [9.17, 15) is 4.79 Å². The molecule has 1 saturated heterocycles. The number of fused-ring (bicyclic) bond motifs is 1. The minimum atomic E-state index is 0.121. The second kappa shape index (κ2) is 11.5. The Balaban J connectivity index is 1.09. The molecule has 6 rings (SSSR count).